The van der Waals surface area contributed by atoms with E-state index < -0.39 is 23.6 Å². The lowest BCUT2D eigenvalue weighted by Gasteiger charge is -2.14. The highest BCUT2D eigenvalue weighted by Crippen LogP contribution is 2.39. The lowest BCUT2D eigenvalue weighted by molar-refractivity contribution is -0.127. The Labute approximate surface area is 229 Å². The zero-order valence-corrected chi connectivity index (χ0v) is 22.5. The number of anilines is 1. The van der Waals surface area contributed by atoms with Gasteiger partial charge in [0.25, 0.3) is 11.1 Å². The van der Waals surface area contributed by atoms with Gasteiger partial charge in [-0.05, 0) is 72.3 Å². The Morgan fingerprint density at radius 3 is 2.39 bits per heavy atom. The molecule has 0 bridgehead atoms. The molecular formula is C28H25ClN2O6S. The Balaban J connectivity index is 1.44. The Kier molecular flexibility index (Phi) is 8.60. The van der Waals surface area contributed by atoms with E-state index >= 15 is 0 Å². The van der Waals surface area contributed by atoms with Crippen LogP contribution in [0, 0.1) is 6.92 Å². The van der Waals surface area contributed by atoms with Crippen LogP contribution >= 0.6 is 23.4 Å². The van der Waals surface area contributed by atoms with Crippen molar-refractivity contribution in [3.63, 3.8) is 0 Å². The number of nitrogens with zero attached hydrogens (tertiary/aromatic N) is 1. The predicted molar refractivity (Wildman–Crippen MR) is 148 cm³/mol. The molecular weight excluding hydrogens is 528 g/mol. The summed E-state index contributed by atoms with van der Waals surface area (Å²) < 4.78 is 16.5. The summed E-state index contributed by atoms with van der Waals surface area (Å²) in [5.74, 6) is 0.323. The Morgan fingerprint density at radius 2 is 1.74 bits per heavy atom. The van der Waals surface area contributed by atoms with E-state index in [1.54, 1.807) is 43.5 Å². The maximum absolute atomic E-state index is 12.9. The van der Waals surface area contributed by atoms with Gasteiger partial charge in [-0.1, -0.05) is 41.4 Å². The molecule has 1 saturated heterocycles. The highest BCUT2D eigenvalue weighted by molar-refractivity contribution is 8.18. The first kappa shape index (κ1) is 27.1. The van der Waals surface area contributed by atoms with Crippen LogP contribution in [0.25, 0.3) is 6.08 Å². The van der Waals surface area contributed by atoms with Crippen LogP contribution in [0.1, 0.15) is 16.7 Å². The van der Waals surface area contributed by atoms with Crippen LogP contribution in [0.15, 0.2) is 65.6 Å². The topological polar surface area (TPSA) is 94.2 Å². The molecule has 0 spiro atoms. The third kappa shape index (κ3) is 6.48. The second-order valence-corrected chi connectivity index (χ2v) is 9.75. The molecule has 8 nitrogen and oxygen atoms in total. The molecule has 0 aliphatic carbocycles. The average molecular weight is 553 g/mol. The fraction of sp³-hybridized carbons (Fsp3) is 0.179. The van der Waals surface area contributed by atoms with Crippen LogP contribution in [0.4, 0.5) is 10.5 Å². The zero-order chi connectivity index (χ0) is 27.2. The highest BCUT2D eigenvalue weighted by atomic mass is 35.5. The summed E-state index contributed by atoms with van der Waals surface area (Å²) in [5.41, 5.74) is 3.19. The number of ether oxygens (including phenoxy) is 3. The van der Waals surface area contributed by atoms with Gasteiger partial charge in [0.05, 0.1) is 24.1 Å². The van der Waals surface area contributed by atoms with Crippen molar-refractivity contribution in [2.75, 3.05) is 26.1 Å². The first-order valence-electron chi connectivity index (χ1n) is 11.5. The van der Waals surface area contributed by atoms with Gasteiger partial charge in [0.2, 0.25) is 5.91 Å². The number of thioether (sulfide) groups is 1. The molecule has 1 fully saturated rings. The van der Waals surface area contributed by atoms with Gasteiger partial charge >= 0.3 is 0 Å². The van der Waals surface area contributed by atoms with E-state index in [9.17, 15) is 14.4 Å². The molecule has 0 atom stereocenters. The zero-order valence-electron chi connectivity index (χ0n) is 20.9. The third-order valence-corrected chi connectivity index (χ3v) is 6.79. The maximum Gasteiger partial charge on any atom is 0.294 e. The quantitative estimate of drug-likeness (QED) is 0.329. The van der Waals surface area contributed by atoms with Gasteiger partial charge in [-0.2, -0.15) is 0 Å². The average Bonchev–Trinajstić information content (AvgIpc) is 3.16. The molecule has 3 amide bonds. The summed E-state index contributed by atoms with van der Waals surface area (Å²) in [7, 11) is 3.03. The number of nitrogens with one attached hydrogen (secondary N) is 1. The second-order valence-electron chi connectivity index (χ2n) is 8.35. The Morgan fingerprint density at radius 1 is 1.03 bits per heavy atom. The number of carbonyl (C=O) groups is 3. The van der Waals surface area contributed by atoms with Crippen LogP contribution < -0.4 is 19.5 Å². The number of carbonyl (C=O) groups excluding carboxylic acids is 3. The second kappa shape index (κ2) is 12.1. The van der Waals surface area contributed by atoms with E-state index in [-0.39, 0.29) is 4.91 Å². The van der Waals surface area contributed by atoms with E-state index in [4.69, 9.17) is 25.8 Å². The molecule has 1 aliphatic rings. The number of benzene rings is 3. The molecule has 3 aromatic rings. The molecule has 1 N–H and O–H groups in total. The van der Waals surface area contributed by atoms with Crippen molar-refractivity contribution < 1.29 is 28.6 Å². The van der Waals surface area contributed by atoms with Crippen LogP contribution in [-0.4, -0.2) is 42.7 Å². The monoisotopic (exact) mass is 552 g/mol. The third-order valence-electron chi connectivity index (χ3n) is 5.60. The minimum atomic E-state index is -0.570. The Hall–Kier alpha value is -3.95. The van der Waals surface area contributed by atoms with Gasteiger partial charge in [0, 0.05) is 5.69 Å². The fourth-order valence-electron chi connectivity index (χ4n) is 3.61. The van der Waals surface area contributed by atoms with Crippen molar-refractivity contribution in [3.8, 4) is 17.2 Å². The highest BCUT2D eigenvalue weighted by Gasteiger charge is 2.36. The number of hydrogen-bond donors (Lipinski definition) is 1. The first-order valence-corrected chi connectivity index (χ1v) is 12.7. The van der Waals surface area contributed by atoms with Crippen molar-refractivity contribution in [2.24, 2.45) is 0 Å². The number of rotatable bonds is 9. The molecule has 3 aromatic carbocycles. The van der Waals surface area contributed by atoms with Crippen LogP contribution in [0.5, 0.6) is 17.2 Å². The number of hydrogen-bond acceptors (Lipinski definition) is 7. The van der Waals surface area contributed by atoms with Gasteiger partial charge in [-0.3, -0.25) is 19.3 Å². The number of aryl methyl sites for hydroxylation is 1. The molecule has 0 radical (unpaired) electrons. The normalized spacial score (nSPS) is 14.1. The SMILES string of the molecule is COc1ccc(NC(=O)CN2C(=O)S/C(=C/c3cc(Cl)c(OCc4ccc(C)cc4)c(OC)c3)C2=O)cc1. The van der Waals surface area contributed by atoms with Gasteiger partial charge in [0.15, 0.2) is 11.5 Å². The van der Waals surface area contributed by atoms with Crippen molar-refractivity contribution in [1.29, 1.82) is 0 Å². The smallest absolute Gasteiger partial charge is 0.294 e. The van der Waals surface area contributed by atoms with E-state index in [2.05, 4.69) is 5.32 Å². The summed E-state index contributed by atoms with van der Waals surface area (Å²) in [5, 5.41) is 2.42. The minimum absolute atomic E-state index is 0.165. The molecule has 0 unspecified atom stereocenters. The molecule has 1 heterocycles. The molecule has 0 aromatic heterocycles. The summed E-state index contributed by atoms with van der Waals surface area (Å²) >= 11 is 7.23. The van der Waals surface area contributed by atoms with Crippen molar-refractivity contribution in [3.05, 3.63) is 87.3 Å². The molecule has 38 heavy (non-hydrogen) atoms. The van der Waals surface area contributed by atoms with Crippen molar-refractivity contribution >= 4 is 52.2 Å². The van der Waals surface area contributed by atoms with Crippen LogP contribution in [0.2, 0.25) is 5.02 Å². The molecule has 10 heteroatoms. The van der Waals surface area contributed by atoms with Gasteiger partial charge < -0.3 is 19.5 Å². The fourth-order valence-corrected chi connectivity index (χ4v) is 4.72. The molecule has 196 valence electrons. The summed E-state index contributed by atoms with van der Waals surface area (Å²) in [4.78, 5) is 38.9. The summed E-state index contributed by atoms with van der Waals surface area (Å²) in [6.45, 7) is 1.90. The van der Waals surface area contributed by atoms with Crippen molar-refractivity contribution in [2.45, 2.75) is 13.5 Å². The number of imide groups is 1. The largest absolute Gasteiger partial charge is 0.497 e. The number of amides is 3. The summed E-state index contributed by atoms with van der Waals surface area (Å²) in [6.07, 6.45) is 1.53. The lowest BCUT2D eigenvalue weighted by Crippen LogP contribution is -2.36. The maximum atomic E-state index is 12.9. The predicted octanol–water partition coefficient (Wildman–Crippen LogP) is 5.92. The summed E-state index contributed by atoms with van der Waals surface area (Å²) in [6, 6.07) is 17.9. The lowest BCUT2D eigenvalue weighted by atomic mass is 10.1. The first-order chi connectivity index (χ1) is 18.3. The number of methoxy groups -OCH3 is 2. The van der Waals surface area contributed by atoms with Crippen molar-refractivity contribution in [1.82, 2.24) is 4.90 Å². The van der Waals surface area contributed by atoms with Gasteiger partial charge in [-0.25, -0.2) is 0 Å². The van der Waals surface area contributed by atoms with Gasteiger partial charge in [0.1, 0.15) is 18.9 Å². The van der Waals surface area contributed by atoms with E-state index in [1.807, 2.05) is 31.2 Å². The number of halogens is 1. The molecule has 4 rings (SSSR count). The van der Waals surface area contributed by atoms with Gasteiger partial charge in [-0.15, -0.1) is 0 Å². The minimum Gasteiger partial charge on any atom is -0.497 e. The van der Waals surface area contributed by atoms with E-state index in [0.717, 1.165) is 27.8 Å². The van der Waals surface area contributed by atoms with E-state index in [1.165, 1.54) is 13.2 Å². The Bertz CT molecular complexity index is 1390. The molecule has 1 aliphatic heterocycles. The standard InChI is InChI=1S/C28H25ClN2O6S/c1-17-4-6-18(7-5-17)16-37-26-22(29)12-19(13-23(26)36-3)14-24-27(33)31(28(34)38-24)15-25(32)30-20-8-10-21(35-2)11-9-20/h4-14H,15-16H2,1-3H3,(H,30,32)/b24-14+. The molecule has 0 saturated carbocycles. The van der Waals surface area contributed by atoms with E-state index in [0.29, 0.717) is 40.1 Å². The van der Waals surface area contributed by atoms with Crippen LogP contribution in [0.3, 0.4) is 0 Å². The van der Waals surface area contributed by atoms with Crippen LogP contribution in [-0.2, 0) is 16.2 Å².